The summed E-state index contributed by atoms with van der Waals surface area (Å²) < 4.78 is 33.7. The van der Waals surface area contributed by atoms with Crippen molar-refractivity contribution in [2.75, 3.05) is 0 Å². The van der Waals surface area contributed by atoms with Gasteiger partial charge in [-0.2, -0.15) is 0 Å². The van der Waals surface area contributed by atoms with Crippen LogP contribution < -0.4 is 0 Å². The molecule has 0 N–H and O–H groups in total. The van der Waals surface area contributed by atoms with Gasteiger partial charge in [0.25, 0.3) is 0 Å². The van der Waals surface area contributed by atoms with Gasteiger partial charge in [-0.25, -0.2) is 0 Å². The van der Waals surface area contributed by atoms with Gasteiger partial charge in [0, 0.05) is 38.5 Å². The van der Waals surface area contributed by atoms with Crippen LogP contribution in [0.3, 0.4) is 0 Å². The summed E-state index contributed by atoms with van der Waals surface area (Å²) in [6, 6.07) is 0. The number of Topliss-reactive ketones (excluding diaryl/α,β-unsaturated/α-hetero) is 6. The minimum Gasteiger partial charge on any atom is -0.369 e. The van der Waals surface area contributed by atoms with E-state index in [-0.39, 0.29) is 34.7 Å². The number of ether oxygens (including phenoxy) is 6. The van der Waals surface area contributed by atoms with Crippen LogP contribution in [0, 0.1) is 0 Å². The molecule has 6 saturated heterocycles. The van der Waals surface area contributed by atoms with Gasteiger partial charge in [0.2, 0.25) is 0 Å². The molecule has 0 saturated carbocycles. The van der Waals surface area contributed by atoms with E-state index in [1.165, 1.54) is 0 Å². The summed E-state index contributed by atoms with van der Waals surface area (Å²) in [7, 11) is 0. The number of rotatable bonds is 84. The second-order valence-electron chi connectivity index (χ2n) is 38.4. The first-order valence-electron chi connectivity index (χ1n) is 57.8. The third-order valence-electron chi connectivity index (χ3n) is 23.9. The minimum absolute atomic E-state index is 0.254. The van der Waals surface area contributed by atoms with Crippen molar-refractivity contribution in [3.63, 3.8) is 0 Å². The molecule has 12 unspecified atom stereocenters. The molecule has 0 spiro atoms. The maximum Gasteiger partial charge on any atom is 0.130 e. The molecule has 0 bridgehead atoms. The summed E-state index contributed by atoms with van der Waals surface area (Å²) in [5.41, 5.74) is 0. The smallest absolute Gasteiger partial charge is 0.130 e. The maximum absolute atomic E-state index is 10.9. The van der Waals surface area contributed by atoms with E-state index in [9.17, 15) is 28.8 Å². The standard InChI is InChI=1S/6C23H34O2/c1-3-22-23(25-22)20-18-16-14-12-10-8-6-4-5-7-9-11-13-15-17-19-21(2)24;1-3-4-15-19-22-23(25-22)20-17-14-12-10-8-6-5-7-9-11-13-16-18-21(2)24;1-3-4-5-6-13-16-19-22-23(25-22)20-17-14-11-9-7-8-10-12-15-18-21(2)24;1-3-4-5-6-7-8-9-13-16-19-22-23(25-22)20-17-14-11-10-12-15-18-21(2)24;1-3-4-5-6-7-8-9-10-11-12-13-16-19-22-23(25-22)20-17-14-15-18-21(2)24;1-3-4-5-6-7-8-9-10-11-12-13-14-15-16-17-18-22-23(25-22)20-19-21(2)24/h4,6-7,9-10,12-13,15-16,18,22-23H,3,5,8,11,14,17,19-20H2,1-2H3;4-5,7-8,10-11,13-15,17,22-23H,3,6,9,12,16,18-20H2,1-2H3;4-5,7,9-10,12-14,16-17,22-23H,3,6,8,11,15,18-20H2,1-2H3;4-5,7-8,10,12-14,16-17,22-23H,3,6,9,11,15,18-20H2,1-2H3;2*4-5,7-8,10-11,13-14,16-17,22-23H,3,6,9,12,15,18-20H2,1-2H3/b6-4-,9-7-,12-10-,15-13-,18-16-;7-5-,10-8-,13-11-,15-4-,17-14-;5-4-,9-7-,12-10-,16-13-,17-14-;5-4-,8-7-,12-10-,16-13-,17-14-;5-4-,8-7-,11-10-,16-13-,17-14-;5-4-,8-7-,11-10-,14-13-,17-16-. The van der Waals surface area contributed by atoms with E-state index in [1.54, 1.807) is 41.5 Å². The Morgan fingerprint density at radius 1 is 0.140 bits per heavy atom. The Bertz CT molecular complexity index is 4390. The van der Waals surface area contributed by atoms with Gasteiger partial charge in [-0.1, -0.05) is 406 Å². The van der Waals surface area contributed by atoms with Crippen molar-refractivity contribution < 1.29 is 57.2 Å². The van der Waals surface area contributed by atoms with Crippen LogP contribution in [0.5, 0.6) is 0 Å². The second kappa shape index (κ2) is 106. The van der Waals surface area contributed by atoms with Crippen LogP contribution in [0.2, 0.25) is 0 Å². The van der Waals surface area contributed by atoms with Crippen molar-refractivity contribution in [2.24, 2.45) is 0 Å². The van der Waals surface area contributed by atoms with Crippen molar-refractivity contribution in [1.29, 1.82) is 0 Å². The van der Waals surface area contributed by atoms with Crippen LogP contribution in [-0.4, -0.2) is 108 Å². The number of carbonyl (C=O) groups excluding carboxylic acids is 6. The second-order valence-corrected chi connectivity index (χ2v) is 38.4. The first-order chi connectivity index (χ1) is 73.4. The van der Waals surface area contributed by atoms with E-state index in [0.717, 1.165) is 270 Å². The van der Waals surface area contributed by atoms with Gasteiger partial charge >= 0.3 is 0 Å². The Kier molecular flexibility index (Phi) is 97.5. The molecule has 0 aliphatic carbocycles. The fraction of sp³-hybridized carbons (Fsp3) is 0.522. The predicted molar refractivity (Wildman–Crippen MR) is 646 cm³/mol. The maximum atomic E-state index is 10.9. The summed E-state index contributed by atoms with van der Waals surface area (Å²) in [6.07, 6.45) is 182. The molecule has 828 valence electrons. The lowest BCUT2D eigenvalue weighted by Gasteiger charge is -1.90. The molecule has 12 nitrogen and oxygen atoms in total. The highest BCUT2D eigenvalue weighted by Crippen LogP contribution is 2.34. The first-order valence-corrected chi connectivity index (χ1v) is 57.8. The van der Waals surface area contributed by atoms with Crippen molar-refractivity contribution in [3.05, 3.63) is 365 Å². The van der Waals surface area contributed by atoms with Crippen LogP contribution in [0.25, 0.3) is 0 Å². The third-order valence-corrected chi connectivity index (χ3v) is 23.9. The number of allylic oxidation sites excluding steroid dienone is 50. The Labute approximate surface area is 915 Å². The molecule has 0 aromatic heterocycles. The predicted octanol–water partition coefficient (Wildman–Crippen LogP) is 37.6. The average Bonchev–Trinajstić information content (AvgIpc) is 1.74. The normalized spacial score (nSPS) is 20.9. The summed E-state index contributed by atoms with van der Waals surface area (Å²) in [6.45, 7) is 22.8. The highest BCUT2D eigenvalue weighted by atomic mass is 16.6. The van der Waals surface area contributed by atoms with Crippen molar-refractivity contribution in [1.82, 2.24) is 0 Å². The lowest BCUT2D eigenvalue weighted by molar-refractivity contribution is -0.118. The van der Waals surface area contributed by atoms with Crippen molar-refractivity contribution in [2.45, 2.75) is 465 Å². The van der Waals surface area contributed by atoms with E-state index < -0.39 is 0 Å². The largest absolute Gasteiger partial charge is 0.369 e. The zero-order valence-electron chi connectivity index (χ0n) is 95.4. The Morgan fingerprint density at radius 3 is 0.413 bits per heavy atom. The number of hydrogen-bond donors (Lipinski definition) is 0. The van der Waals surface area contributed by atoms with Gasteiger partial charge in [-0.15, -0.1) is 0 Å². The molecule has 6 fully saturated rings. The van der Waals surface area contributed by atoms with Gasteiger partial charge < -0.3 is 57.2 Å². The molecule has 0 aromatic carbocycles. The molecule has 0 aromatic rings. The zero-order valence-corrected chi connectivity index (χ0v) is 95.4. The van der Waals surface area contributed by atoms with E-state index in [4.69, 9.17) is 28.4 Å². The topological polar surface area (TPSA) is 178 Å². The molecule has 0 radical (unpaired) electrons. The fourth-order valence-electron chi connectivity index (χ4n) is 14.7. The van der Waals surface area contributed by atoms with Crippen LogP contribution in [0.4, 0.5) is 0 Å². The number of hydrogen-bond acceptors (Lipinski definition) is 12. The van der Waals surface area contributed by atoms with E-state index in [2.05, 4.69) is 406 Å². The van der Waals surface area contributed by atoms with E-state index >= 15 is 0 Å². The lowest BCUT2D eigenvalue weighted by Crippen LogP contribution is -1.97. The third kappa shape index (κ3) is 104. The van der Waals surface area contributed by atoms with Crippen LogP contribution in [-0.2, 0) is 57.2 Å². The van der Waals surface area contributed by atoms with Gasteiger partial charge in [-0.05, 0) is 311 Å². The summed E-state index contributed by atoms with van der Waals surface area (Å²) in [5, 5.41) is 0. The van der Waals surface area contributed by atoms with Gasteiger partial charge in [0.1, 0.15) is 34.7 Å². The lowest BCUT2D eigenvalue weighted by atomic mass is 10.1. The Balaban J connectivity index is 0.000000900. The molecular formula is C138H204O12. The highest BCUT2D eigenvalue weighted by molar-refractivity contribution is 5.77. The number of epoxide rings is 6. The van der Waals surface area contributed by atoms with Crippen molar-refractivity contribution in [3.8, 4) is 0 Å². The van der Waals surface area contributed by atoms with Gasteiger partial charge in [0.15, 0.2) is 0 Å². The molecule has 12 heteroatoms. The van der Waals surface area contributed by atoms with Gasteiger partial charge in [-0.3, -0.25) is 0 Å². The van der Waals surface area contributed by atoms with Gasteiger partial charge in [0.05, 0.1) is 73.2 Å². The summed E-state index contributed by atoms with van der Waals surface area (Å²) in [5.74, 6) is 1.54. The van der Waals surface area contributed by atoms with E-state index in [0.29, 0.717) is 112 Å². The Hall–Kier alpha value is -10.0. The Morgan fingerprint density at radius 2 is 0.253 bits per heavy atom. The molecule has 150 heavy (non-hydrogen) atoms. The molecule has 6 heterocycles. The molecule has 6 aliphatic rings. The molecular weight excluding hydrogens is 1850 g/mol. The van der Waals surface area contributed by atoms with Crippen LogP contribution >= 0.6 is 0 Å². The van der Waals surface area contributed by atoms with Crippen molar-refractivity contribution >= 4 is 34.7 Å². The SMILES string of the molecule is CC/C=C\C/C=C\C/C=C\C/C=C\C/C=C\CC1OC1CCC(C)=O.CC/C=C\C/C=C\C/C=C\C/C=C\CC1OC1C/C=C\CCC(C)=O.CC/C=C\C/C=C\C/C=C\CC1OC1C/C=C\C/C=C\CCC(C)=O.CC/C=C\C/C=C\CC1OC1C/C=C\C/C=C\C/C=C\CCC(C)=O.CC/C=C\CC1OC1C/C=C\C/C=C\C/C=C\C/C=C\CCC(C)=O.CCC1OC1C/C=C\C/C=C\C/C=C\C/C=C\C/C=C\CCC(C)=O. The minimum atomic E-state index is 0.254. The van der Waals surface area contributed by atoms with Crippen LogP contribution in [0.1, 0.15) is 391 Å². The summed E-state index contributed by atoms with van der Waals surface area (Å²) >= 11 is 0. The zero-order chi connectivity index (χ0) is 109. The monoisotopic (exact) mass is 2050 g/mol. The quantitative estimate of drug-likeness (QED) is 0.0416. The fourth-order valence-corrected chi connectivity index (χ4v) is 14.7. The molecule has 12 atom stereocenters. The average molecular weight is 2060 g/mol. The van der Waals surface area contributed by atoms with E-state index in [1.807, 2.05) is 0 Å². The molecule has 0 amide bonds. The molecule has 6 rings (SSSR count). The molecule has 6 aliphatic heterocycles. The van der Waals surface area contributed by atoms with Crippen LogP contribution in [0.15, 0.2) is 365 Å². The number of carbonyl (C=O) groups is 6. The summed E-state index contributed by atoms with van der Waals surface area (Å²) in [4.78, 5) is 64.8. The highest BCUT2D eigenvalue weighted by Gasteiger charge is 2.40. The first kappa shape index (κ1) is 138. The number of ketones is 6.